The fourth-order valence-electron chi connectivity index (χ4n) is 4.59. The van der Waals surface area contributed by atoms with Gasteiger partial charge in [-0.05, 0) is 57.0 Å². The van der Waals surface area contributed by atoms with Gasteiger partial charge in [-0.1, -0.05) is 39.5 Å². The van der Waals surface area contributed by atoms with Gasteiger partial charge < -0.3 is 5.73 Å². The van der Waals surface area contributed by atoms with Gasteiger partial charge >= 0.3 is 0 Å². The average molecular weight is 266 g/mol. The Hall–Kier alpha value is -0.0800. The van der Waals surface area contributed by atoms with Gasteiger partial charge in [0.1, 0.15) is 0 Å². The molecule has 2 N–H and O–H groups in total. The Labute approximate surface area is 120 Å². The van der Waals surface area contributed by atoms with Crippen LogP contribution in [0.2, 0.25) is 0 Å². The Morgan fingerprint density at radius 2 is 1.79 bits per heavy atom. The van der Waals surface area contributed by atoms with E-state index in [2.05, 4.69) is 25.8 Å². The van der Waals surface area contributed by atoms with Crippen LogP contribution in [0.15, 0.2) is 0 Å². The van der Waals surface area contributed by atoms with E-state index in [0.717, 1.165) is 36.4 Å². The number of hydrogen-bond acceptors (Lipinski definition) is 2. The first-order valence-corrected chi connectivity index (χ1v) is 8.59. The van der Waals surface area contributed by atoms with Crippen molar-refractivity contribution in [1.82, 2.24) is 4.90 Å². The van der Waals surface area contributed by atoms with E-state index in [0.29, 0.717) is 0 Å². The van der Waals surface area contributed by atoms with E-state index in [-0.39, 0.29) is 0 Å². The molecule has 0 aromatic rings. The highest BCUT2D eigenvalue weighted by atomic mass is 15.2. The summed E-state index contributed by atoms with van der Waals surface area (Å²) in [5.74, 6) is 2.55. The lowest BCUT2D eigenvalue weighted by Crippen LogP contribution is -2.51. The normalized spacial score (nSPS) is 40.6. The predicted molar refractivity (Wildman–Crippen MR) is 83.1 cm³/mol. The van der Waals surface area contributed by atoms with Gasteiger partial charge in [-0.2, -0.15) is 0 Å². The average Bonchev–Trinajstić information content (AvgIpc) is 2.46. The Morgan fingerprint density at radius 3 is 2.42 bits per heavy atom. The van der Waals surface area contributed by atoms with Crippen LogP contribution in [0.5, 0.6) is 0 Å². The van der Waals surface area contributed by atoms with E-state index < -0.39 is 0 Å². The van der Waals surface area contributed by atoms with E-state index >= 15 is 0 Å². The fourth-order valence-corrected chi connectivity index (χ4v) is 4.59. The second-order valence-electron chi connectivity index (χ2n) is 7.15. The summed E-state index contributed by atoms with van der Waals surface area (Å²) in [6, 6.07) is 1.55. The first kappa shape index (κ1) is 15.3. The lowest BCUT2D eigenvalue weighted by atomic mass is 9.75. The van der Waals surface area contributed by atoms with E-state index in [4.69, 9.17) is 5.73 Å². The van der Waals surface area contributed by atoms with Gasteiger partial charge in [-0.3, -0.25) is 4.90 Å². The van der Waals surface area contributed by atoms with Crippen LogP contribution in [-0.4, -0.2) is 30.6 Å². The fraction of sp³-hybridized carbons (Fsp3) is 1.00. The lowest BCUT2D eigenvalue weighted by molar-refractivity contribution is 0.0327. The smallest absolute Gasteiger partial charge is 0.0138 e. The van der Waals surface area contributed by atoms with Gasteiger partial charge in [0.25, 0.3) is 0 Å². The highest BCUT2D eigenvalue weighted by Gasteiger charge is 2.36. The van der Waals surface area contributed by atoms with Gasteiger partial charge in [0.05, 0.1) is 0 Å². The number of nitrogens with two attached hydrogens (primary N) is 1. The van der Waals surface area contributed by atoms with E-state index in [1.165, 1.54) is 51.4 Å². The molecule has 2 heteroatoms. The van der Waals surface area contributed by atoms with Crippen LogP contribution in [-0.2, 0) is 0 Å². The molecule has 0 saturated heterocycles. The molecule has 2 aliphatic carbocycles. The molecule has 5 atom stereocenters. The van der Waals surface area contributed by atoms with E-state index in [1.54, 1.807) is 0 Å². The van der Waals surface area contributed by atoms with Crippen molar-refractivity contribution in [3.05, 3.63) is 0 Å². The van der Waals surface area contributed by atoms with Gasteiger partial charge in [0.15, 0.2) is 0 Å². The molecule has 112 valence electrons. The third-order valence-corrected chi connectivity index (χ3v) is 6.06. The van der Waals surface area contributed by atoms with Crippen LogP contribution in [0, 0.1) is 17.8 Å². The zero-order valence-corrected chi connectivity index (χ0v) is 13.3. The van der Waals surface area contributed by atoms with Crippen LogP contribution in [0.4, 0.5) is 0 Å². The maximum Gasteiger partial charge on any atom is 0.0138 e. The summed E-state index contributed by atoms with van der Waals surface area (Å²) < 4.78 is 0. The Morgan fingerprint density at radius 1 is 1.05 bits per heavy atom. The molecule has 2 rings (SSSR count). The van der Waals surface area contributed by atoms with Gasteiger partial charge in [-0.25, -0.2) is 0 Å². The number of rotatable bonds is 4. The van der Waals surface area contributed by atoms with Gasteiger partial charge in [-0.15, -0.1) is 0 Å². The quantitative estimate of drug-likeness (QED) is 0.841. The topological polar surface area (TPSA) is 29.3 Å². The molecule has 5 unspecified atom stereocenters. The maximum absolute atomic E-state index is 6.06. The van der Waals surface area contributed by atoms with Crippen molar-refractivity contribution in [2.75, 3.05) is 13.6 Å². The van der Waals surface area contributed by atoms with Crippen LogP contribution >= 0.6 is 0 Å². The lowest BCUT2D eigenvalue weighted by Gasteiger charge is -2.47. The van der Waals surface area contributed by atoms with Crippen molar-refractivity contribution in [3.8, 4) is 0 Å². The minimum absolute atomic E-state index is 0.738. The molecule has 0 heterocycles. The van der Waals surface area contributed by atoms with Crippen molar-refractivity contribution in [2.45, 2.75) is 77.3 Å². The standard InChI is InChI=1S/C17H34N2/c1-4-14-9-10-15(12-18)17(11-14)19(3)16-8-6-5-7-13(16)2/h13-17H,4-12,18H2,1-3H3. The van der Waals surface area contributed by atoms with Crippen molar-refractivity contribution in [2.24, 2.45) is 23.5 Å². The minimum Gasteiger partial charge on any atom is -0.330 e. The minimum atomic E-state index is 0.738. The molecule has 2 aliphatic rings. The summed E-state index contributed by atoms with van der Waals surface area (Å²) in [4.78, 5) is 2.74. The second kappa shape index (κ2) is 7.08. The van der Waals surface area contributed by atoms with Crippen LogP contribution in [0.3, 0.4) is 0 Å². The van der Waals surface area contributed by atoms with E-state index in [9.17, 15) is 0 Å². The zero-order chi connectivity index (χ0) is 13.8. The van der Waals surface area contributed by atoms with Crippen LogP contribution in [0.25, 0.3) is 0 Å². The van der Waals surface area contributed by atoms with Crippen molar-refractivity contribution in [3.63, 3.8) is 0 Å². The molecule has 0 radical (unpaired) electrons. The number of nitrogens with zero attached hydrogens (tertiary/aromatic N) is 1. The Kier molecular flexibility index (Phi) is 5.70. The predicted octanol–water partition coefficient (Wildman–Crippen LogP) is 3.65. The summed E-state index contributed by atoms with van der Waals surface area (Å²) in [5, 5.41) is 0. The third-order valence-electron chi connectivity index (χ3n) is 6.06. The van der Waals surface area contributed by atoms with Crippen molar-refractivity contribution >= 4 is 0 Å². The van der Waals surface area contributed by atoms with Crippen molar-refractivity contribution < 1.29 is 0 Å². The zero-order valence-electron chi connectivity index (χ0n) is 13.3. The molecule has 0 amide bonds. The molecule has 0 aliphatic heterocycles. The highest BCUT2D eigenvalue weighted by Crippen LogP contribution is 2.37. The van der Waals surface area contributed by atoms with Gasteiger partial charge in [0, 0.05) is 12.1 Å². The molecule has 0 aromatic heterocycles. The highest BCUT2D eigenvalue weighted by molar-refractivity contribution is 4.90. The molecule has 0 aromatic carbocycles. The maximum atomic E-state index is 6.06. The number of hydrogen-bond donors (Lipinski definition) is 1. The molecule has 0 spiro atoms. The first-order chi connectivity index (χ1) is 9.17. The largest absolute Gasteiger partial charge is 0.330 e. The summed E-state index contributed by atoms with van der Waals surface area (Å²) in [6.45, 7) is 5.69. The summed E-state index contributed by atoms with van der Waals surface area (Å²) in [7, 11) is 2.39. The summed E-state index contributed by atoms with van der Waals surface area (Å²) in [5.41, 5.74) is 6.06. The molecule has 0 bridgehead atoms. The monoisotopic (exact) mass is 266 g/mol. The van der Waals surface area contributed by atoms with Crippen LogP contribution in [0.1, 0.15) is 65.2 Å². The van der Waals surface area contributed by atoms with Crippen molar-refractivity contribution in [1.29, 1.82) is 0 Å². The third kappa shape index (κ3) is 3.52. The summed E-state index contributed by atoms with van der Waals surface area (Å²) >= 11 is 0. The van der Waals surface area contributed by atoms with Gasteiger partial charge in [0.2, 0.25) is 0 Å². The Bertz CT molecular complexity index is 266. The molecular weight excluding hydrogens is 232 g/mol. The summed E-state index contributed by atoms with van der Waals surface area (Å²) in [6.07, 6.45) is 11.2. The second-order valence-corrected chi connectivity index (χ2v) is 7.15. The van der Waals surface area contributed by atoms with E-state index in [1.807, 2.05) is 0 Å². The molecule has 2 nitrogen and oxygen atoms in total. The molecule has 2 fully saturated rings. The SMILES string of the molecule is CCC1CCC(CN)C(N(C)C2CCCCC2C)C1. The Balaban J connectivity index is 2.02. The molecule has 2 saturated carbocycles. The molecular formula is C17H34N2. The van der Waals surface area contributed by atoms with Crippen LogP contribution < -0.4 is 5.73 Å². The first-order valence-electron chi connectivity index (χ1n) is 8.59. The molecule has 19 heavy (non-hydrogen) atoms.